The molecule has 1 aliphatic rings. The van der Waals surface area contributed by atoms with E-state index in [0.29, 0.717) is 31.1 Å². The topological polar surface area (TPSA) is 41.5 Å². The lowest BCUT2D eigenvalue weighted by atomic mass is 9.76. The van der Waals surface area contributed by atoms with Gasteiger partial charge in [0.2, 0.25) is 0 Å². The highest BCUT2D eigenvalue weighted by Crippen LogP contribution is 2.31. The number of ether oxygens (including phenoxy) is 1. The van der Waals surface area contributed by atoms with Gasteiger partial charge in [0.1, 0.15) is 0 Å². The minimum absolute atomic E-state index is 0.0848. The van der Waals surface area contributed by atoms with Crippen LogP contribution in [0.1, 0.15) is 41.0 Å². The number of nitrogens with one attached hydrogen (secondary N) is 1. The molecule has 1 heterocycles. The predicted molar refractivity (Wildman–Crippen MR) is 71.0 cm³/mol. The Morgan fingerprint density at radius 1 is 1.24 bits per heavy atom. The van der Waals surface area contributed by atoms with E-state index in [1.165, 1.54) is 0 Å². The molecule has 3 nitrogen and oxygen atoms in total. The van der Waals surface area contributed by atoms with Crippen LogP contribution in [0, 0.1) is 17.8 Å². The van der Waals surface area contributed by atoms with Gasteiger partial charge >= 0.3 is 0 Å². The van der Waals surface area contributed by atoms with Gasteiger partial charge < -0.3 is 15.2 Å². The number of rotatable bonds is 5. The average Bonchev–Trinajstić information content (AvgIpc) is 2.23. The zero-order valence-electron chi connectivity index (χ0n) is 11.9. The summed E-state index contributed by atoms with van der Waals surface area (Å²) in [7, 11) is 0. The van der Waals surface area contributed by atoms with Gasteiger partial charge in [-0.2, -0.15) is 0 Å². The Morgan fingerprint density at radius 2 is 1.88 bits per heavy atom. The summed E-state index contributed by atoms with van der Waals surface area (Å²) in [4.78, 5) is 0. The van der Waals surface area contributed by atoms with Gasteiger partial charge in [-0.1, -0.05) is 41.0 Å². The Kier molecular flexibility index (Phi) is 5.90. The molecule has 0 bridgehead atoms. The Bertz CT molecular complexity index is 218. The number of hydrogen-bond acceptors (Lipinski definition) is 3. The SMILES string of the molecule is CCC(C(C)C)[C@H]1COC[C@@H](NC(C)C)[C@@H]1O. The largest absolute Gasteiger partial charge is 0.391 e. The standard InChI is InChI=1S/C14H29NO2/c1-6-11(9(2)3)12-7-17-8-13(14(12)16)15-10(4)5/h9-16H,6-8H2,1-5H3/t11?,12-,13-,14-/m1/s1. The molecule has 0 saturated carbocycles. The molecule has 1 saturated heterocycles. The van der Waals surface area contributed by atoms with Crippen LogP contribution in [0.2, 0.25) is 0 Å². The van der Waals surface area contributed by atoms with Crippen molar-refractivity contribution < 1.29 is 9.84 Å². The summed E-state index contributed by atoms with van der Waals surface area (Å²) in [5.41, 5.74) is 0. The van der Waals surface area contributed by atoms with Crippen molar-refractivity contribution in [2.75, 3.05) is 13.2 Å². The van der Waals surface area contributed by atoms with Crippen molar-refractivity contribution >= 4 is 0 Å². The molecule has 0 aromatic carbocycles. The molecule has 3 heteroatoms. The summed E-state index contributed by atoms with van der Waals surface area (Å²) >= 11 is 0. The van der Waals surface area contributed by atoms with E-state index < -0.39 is 0 Å². The third kappa shape index (κ3) is 3.94. The molecule has 1 rings (SSSR count). The first-order valence-electron chi connectivity index (χ1n) is 6.99. The zero-order chi connectivity index (χ0) is 13.0. The van der Waals surface area contributed by atoms with Crippen LogP contribution in [0.15, 0.2) is 0 Å². The minimum atomic E-state index is -0.279. The third-order valence-corrected chi connectivity index (χ3v) is 3.88. The first kappa shape index (κ1) is 14.9. The molecule has 0 aliphatic carbocycles. The highest BCUT2D eigenvalue weighted by atomic mass is 16.5. The van der Waals surface area contributed by atoms with Gasteiger partial charge in [0.15, 0.2) is 0 Å². The molecule has 1 fully saturated rings. The van der Waals surface area contributed by atoms with E-state index in [-0.39, 0.29) is 18.1 Å². The summed E-state index contributed by atoms with van der Waals surface area (Å²) in [6.45, 7) is 12.2. The second-order valence-corrected chi connectivity index (χ2v) is 5.94. The van der Waals surface area contributed by atoms with E-state index in [0.717, 1.165) is 6.42 Å². The van der Waals surface area contributed by atoms with Crippen LogP contribution in [0.4, 0.5) is 0 Å². The highest BCUT2D eigenvalue weighted by Gasteiger charge is 2.37. The third-order valence-electron chi connectivity index (χ3n) is 3.88. The molecule has 1 unspecified atom stereocenters. The summed E-state index contributed by atoms with van der Waals surface area (Å²) in [6, 6.07) is 0.470. The number of hydrogen-bond donors (Lipinski definition) is 2. The van der Waals surface area contributed by atoms with Crippen LogP contribution in [-0.4, -0.2) is 36.5 Å². The molecule has 0 aromatic heterocycles. The Hall–Kier alpha value is -0.120. The monoisotopic (exact) mass is 243 g/mol. The predicted octanol–water partition coefficient (Wildman–Crippen LogP) is 2.04. The summed E-state index contributed by atoms with van der Waals surface area (Å²) in [5.74, 6) is 1.41. The number of aliphatic hydroxyl groups excluding tert-OH is 1. The van der Waals surface area contributed by atoms with Crippen molar-refractivity contribution in [2.24, 2.45) is 17.8 Å². The molecule has 0 spiro atoms. The zero-order valence-corrected chi connectivity index (χ0v) is 11.9. The molecule has 102 valence electrons. The normalized spacial score (nSPS) is 32.1. The van der Waals surface area contributed by atoms with Crippen LogP contribution < -0.4 is 5.32 Å². The van der Waals surface area contributed by atoms with Crippen molar-refractivity contribution in [3.63, 3.8) is 0 Å². The van der Waals surface area contributed by atoms with Gasteiger partial charge in [0, 0.05) is 12.0 Å². The van der Waals surface area contributed by atoms with E-state index in [9.17, 15) is 5.11 Å². The highest BCUT2D eigenvalue weighted by molar-refractivity contribution is 4.90. The molecule has 0 aromatic rings. The van der Waals surface area contributed by atoms with Crippen molar-refractivity contribution in [3.8, 4) is 0 Å². The smallest absolute Gasteiger partial charge is 0.0768 e. The molecular weight excluding hydrogens is 214 g/mol. The van der Waals surface area contributed by atoms with E-state index in [1.54, 1.807) is 0 Å². The lowest BCUT2D eigenvalue weighted by molar-refractivity contribution is -0.0892. The van der Waals surface area contributed by atoms with Crippen LogP contribution >= 0.6 is 0 Å². The summed E-state index contributed by atoms with van der Waals surface area (Å²) in [6.07, 6.45) is 0.829. The van der Waals surface area contributed by atoms with Gasteiger partial charge in [-0.05, 0) is 11.8 Å². The van der Waals surface area contributed by atoms with Gasteiger partial charge in [0.25, 0.3) is 0 Å². The lowest BCUT2D eigenvalue weighted by Gasteiger charge is -2.41. The fourth-order valence-electron chi connectivity index (χ4n) is 3.05. The first-order valence-corrected chi connectivity index (χ1v) is 6.99. The Balaban J connectivity index is 2.66. The van der Waals surface area contributed by atoms with Crippen LogP contribution in [0.25, 0.3) is 0 Å². The first-order chi connectivity index (χ1) is 7.97. The van der Waals surface area contributed by atoms with Crippen LogP contribution in [-0.2, 0) is 4.74 Å². The van der Waals surface area contributed by atoms with Gasteiger partial charge in [0.05, 0.1) is 25.4 Å². The lowest BCUT2D eigenvalue weighted by Crippen LogP contribution is -2.55. The van der Waals surface area contributed by atoms with Gasteiger partial charge in [-0.15, -0.1) is 0 Å². The molecular formula is C14H29NO2. The van der Waals surface area contributed by atoms with Crippen molar-refractivity contribution in [1.82, 2.24) is 5.32 Å². The molecule has 17 heavy (non-hydrogen) atoms. The van der Waals surface area contributed by atoms with Crippen molar-refractivity contribution in [1.29, 1.82) is 0 Å². The maximum absolute atomic E-state index is 10.5. The fourth-order valence-corrected chi connectivity index (χ4v) is 3.05. The Morgan fingerprint density at radius 3 is 2.35 bits per heavy atom. The van der Waals surface area contributed by atoms with Crippen LogP contribution in [0.5, 0.6) is 0 Å². The fraction of sp³-hybridized carbons (Fsp3) is 1.00. The quantitative estimate of drug-likeness (QED) is 0.776. The van der Waals surface area contributed by atoms with Gasteiger partial charge in [-0.3, -0.25) is 0 Å². The minimum Gasteiger partial charge on any atom is -0.391 e. The molecule has 0 radical (unpaired) electrons. The second kappa shape index (κ2) is 6.72. The Labute approximate surface area is 106 Å². The molecule has 4 atom stereocenters. The van der Waals surface area contributed by atoms with Crippen molar-refractivity contribution in [3.05, 3.63) is 0 Å². The van der Waals surface area contributed by atoms with E-state index >= 15 is 0 Å². The van der Waals surface area contributed by atoms with Gasteiger partial charge in [-0.25, -0.2) is 0 Å². The maximum atomic E-state index is 10.5. The number of aliphatic hydroxyl groups is 1. The van der Waals surface area contributed by atoms with Crippen LogP contribution in [0.3, 0.4) is 0 Å². The molecule has 2 N–H and O–H groups in total. The van der Waals surface area contributed by atoms with E-state index in [1.807, 2.05) is 0 Å². The summed E-state index contributed by atoms with van der Waals surface area (Å²) in [5, 5.41) is 13.9. The van der Waals surface area contributed by atoms with E-state index in [2.05, 4.69) is 39.9 Å². The maximum Gasteiger partial charge on any atom is 0.0768 e. The molecule has 1 aliphatic heterocycles. The summed E-state index contributed by atoms with van der Waals surface area (Å²) < 4.78 is 5.68. The van der Waals surface area contributed by atoms with Crippen molar-refractivity contribution in [2.45, 2.75) is 59.2 Å². The molecule has 0 amide bonds. The van der Waals surface area contributed by atoms with E-state index in [4.69, 9.17) is 4.74 Å². The average molecular weight is 243 g/mol. The second-order valence-electron chi connectivity index (χ2n) is 5.94.